The zero-order valence-corrected chi connectivity index (χ0v) is 9.10. The predicted octanol–water partition coefficient (Wildman–Crippen LogP) is 0.666. The number of anilines is 1. The summed E-state index contributed by atoms with van der Waals surface area (Å²) in [5.41, 5.74) is 7.95. The van der Waals surface area contributed by atoms with E-state index in [1.807, 2.05) is 0 Å². The number of amides is 1. The quantitative estimate of drug-likeness (QED) is 0.450. The van der Waals surface area contributed by atoms with Gasteiger partial charge in [0.15, 0.2) is 5.78 Å². The molecule has 0 unspecified atom stereocenters. The van der Waals surface area contributed by atoms with Gasteiger partial charge in [-0.2, -0.15) is 10.4 Å². The zero-order valence-electron chi connectivity index (χ0n) is 9.10. The number of hydrogen-bond acceptors (Lipinski definition) is 5. The van der Waals surface area contributed by atoms with Crippen molar-refractivity contribution in [3.05, 3.63) is 29.8 Å². The molecule has 17 heavy (non-hydrogen) atoms. The minimum atomic E-state index is -0.914. The number of nitrogens with one attached hydrogen (secondary N) is 1. The lowest BCUT2D eigenvalue weighted by Gasteiger charge is -2.02. The molecule has 6 heteroatoms. The van der Waals surface area contributed by atoms with Crippen LogP contribution in [0.4, 0.5) is 5.69 Å². The van der Waals surface area contributed by atoms with Crippen molar-refractivity contribution in [2.24, 2.45) is 10.8 Å². The van der Waals surface area contributed by atoms with E-state index in [1.165, 1.54) is 6.92 Å². The minimum absolute atomic E-state index is 0.0898. The van der Waals surface area contributed by atoms with Crippen molar-refractivity contribution in [3.8, 4) is 6.07 Å². The second kappa shape index (κ2) is 5.42. The molecule has 0 heterocycles. The van der Waals surface area contributed by atoms with Crippen LogP contribution >= 0.6 is 0 Å². The van der Waals surface area contributed by atoms with Crippen LogP contribution in [-0.4, -0.2) is 17.4 Å². The van der Waals surface area contributed by atoms with E-state index >= 15 is 0 Å². The first-order chi connectivity index (χ1) is 8.04. The highest BCUT2D eigenvalue weighted by atomic mass is 16.1. The summed E-state index contributed by atoms with van der Waals surface area (Å²) in [5.74, 6) is -1.00. The predicted molar refractivity (Wildman–Crippen MR) is 62.3 cm³/mol. The maximum absolute atomic E-state index is 11.1. The van der Waals surface area contributed by atoms with Crippen molar-refractivity contribution in [3.63, 3.8) is 0 Å². The van der Waals surface area contributed by atoms with Gasteiger partial charge in [0.1, 0.15) is 6.07 Å². The number of primary amides is 1. The number of carbonyl (C=O) groups excluding carboxylic acids is 2. The molecule has 0 fully saturated rings. The van der Waals surface area contributed by atoms with Gasteiger partial charge in [0, 0.05) is 5.56 Å². The van der Waals surface area contributed by atoms with Gasteiger partial charge in [0.05, 0.1) is 5.69 Å². The van der Waals surface area contributed by atoms with Crippen LogP contribution in [0.2, 0.25) is 0 Å². The Morgan fingerprint density at radius 3 is 2.71 bits per heavy atom. The number of nitrogens with two attached hydrogens (primary N) is 1. The van der Waals surface area contributed by atoms with Crippen LogP contribution in [0.3, 0.4) is 0 Å². The lowest BCUT2D eigenvalue weighted by molar-refractivity contribution is -0.111. The van der Waals surface area contributed by atoms with Gasteiger partial charge in [-0.25, -0.2) is 0 Å². The molecule has 86 valence electrons. The molecule has 3 N–H and O–H groups in total. The van der Waals surface area contributed by atoms with Crippen LogP contribution in [0.25, 0.3) is 0 Å². The molecular weight excluding hydrogens is 220 g/mol. The van der Waals surface area contributed by atoms with E-state index in [2.05, 4.69) is 10.5 Å². The third kappa shape index (κ3) is 3.43. The number of nitrogens with zero attached hydrogens (tertiary/aromatic N) is 2. The van der Waals surface area contributed by atoms with E-state index in [9.17, 15) is 9.59 Å². The third-order valence-electron chi connectivity index (χ3n) is 1.91. The smallest absolute Gasteiger partial charge is 0.280 e. The van der Waals surface area contributed by atoms with E-state index in [0.717, 1.165) is 0 Å². The van der Waals surface area contributed by atoms with Gasteiger partial charge in [-0.15, -0.1) is 0 Å². The lowest BCUT2D eigenvalue weighted by Crippen LogP contribution is -2.22. The second-order valence-corrected chi connectivity index (χ2v) is 3.19. The summed E-state index contributed by atoms with van der Waals surface area (Å²) in [4.78, 5) is 21.8. The SMILES string of the molecule is CC(=O)c1cccc(N/N=C(/C#N)C(N)=O)c1. The summed E-state index contributed by atoms with van der Waals surface area (Å²) in [6.07, 6.45) is 0. The van der Waals surface area contributed by atoms with Crippen molar-refractivity contribution in [1.29, 1.82) is 5.26 Å². The van der Waals surface area contributed by atoms with Crippen LogP contribution in [0.5, 0.6) is 0 Å². The number of nitriles is 1. The molecule has 1 aromatic rings. The molecule has 0 aliphatic carbocycles. The van der Waals surface area contributed by atoms with Crippen LogP contribution in [-0.2, 0) is 4.79 Å². The number of carbonyl (C=O) groups is 2. The second-order valence-electron chi connectivity index (χ2n) is 3.19. The van der Waals surface area contributed by atoms with E-state index in [1.54, 1.807) is 30.3 Å². The molecule has 0 aliphatic heterocycles. The van der Waals surface area contributed by atoms with E-state index in [-0.39, 0.29) is 5.78 Å². The highest BCUT2D eigenvalue weighted by Crippen LogP contribution is 2.10. The van der Waals surface area contributed by atoms with Crippen molar-refractivity contribution in [2.75, 3.05) is 5.43 Å². The average molecular weight is 230 g/mol. The summed E-state index contributed by atoms with van der Waals surface area (Å²) in [5, 5.41) is 12.1. The van der Waals surface area contributed by atoms with E-state index < -0.39 is 11.6 Å². The summed E-state index contributed by atoms with van der Waals surface area (Å²) in [7, 11) is 0. The van der Waals surface area contributed by atoms with Gasteiger partial charge >= 0.3 is 0 Å². The monoisotopic (exact) mass is 230 g/mol. The number of ketones is 1. The summed E-state index contributed by atoms with van der Waals surface area (Å²) < 4.78 is 0. The zero-order chi connectivity index (χ0) is 12.8. The standard InChI is InChI=1S/C11H10N4O2/c1-7(16)8-3-2-4-9(5-8)14-15-10(6-12)11(13)17/h2-5,14H,1H3,(H2,13,17)/b15-10-. The van der Waals surface area contributed by atoms with Gasteiger partial charge in [0.25, 0.3) is 5.91 Å². The van der Waals surface area contributed by atoms with Gasteiger partial charge in [0.2, 0.25) is 5.71 Å². The van der Waals surface area contributed by atoms with Crippen molar-refractivity contribution < 1.29 is 9.59 Å². The Kier molecular flexibility index (Phi) is 3.95. The maximum Gasteiger partial charge on any atom is 0.280 e. The first-order valence-electron chi connectivity index (χ1n) is 4.69. The maximum atomic E-state index is 11.1. The third-order valence-corrected chi connectivity index (χ3v) is 1.91. The Morgan fingerprint density at radius 1 is 1.47 bits per heavy atom. The van der Waals surface area contributed by atoms with Gasteiger partial charge < -0.3 is 5.73 Å². The summed E-state index contributed by atoms with van der Waals surface area (Å²) >= 11 is 0. The number of rotatable bonds is 4. The first kappa shape index (κ1) is 12.4. The molecule has 1 amide bonds. The topological polar surface area (TPSA) is 108 Å². The van der Waals surface area contributed by atoms with Gasteiger partial charge in [-0.3, -0.25) is 15.0 Å². The molecule has 0 spiro atoms. The van der Waals surface area contributed by atoms with Crippen LogP contribution in [0, 0.1) is 11.3 Å². The van der Waals surface area contributed by atoms with Gasteiger partial charge in [-0.05, 0) is 19.1 Å². The van der Waals surface area contributed by atoms with Crippen LogP contribution in [0.1, 0.15) is 17.3 Å². The summed E-state index contributed by atoms with van der Waals surface area (Å²) in [6.45, 7) is 1.44. The number of hydrogen-bond donors (Lipinski definition) is 2. The first-order valence-corrected chi connectivity index (χ1v) is 4.69. The number of benzene rings is 1. The van der Waals surface area contributed by atoms with E-state index in [4.69, 9.17) is 11.0 Å². The molecule has 0 saturated heterocycles. The van der Waals surface area contributed by atoms with E-state index in [0.29, 0.717) is 11.3 Å². The summed E-state index contributed by atoms with van der Waals surface area (Å²) in [6, 6.07) is 8.06. The fraction of sp³-hybridized carbons (Fsp3) is 0.0909. The molecule has 1 aromatic carbocycles. The fourth-order valence-electron chi connectivity index (χ4n) is 1.06. The molecule has 1 rings (SSSR count). The van der Waals surface area contributed by atoms with Crippen molar-refractivity contribution >= 4 is 23.1 Å². The fourth-order valence-corrected chi connectivity index (χ4v) is 1.06. The van der Waals surface area contributed by atoms with Crippen molar-refractivity contribution in [1.82, 2.24) is 0 Å². The normalized spacial score (nSPS) is 10.5. The largest absolute Gasteiger partial charge is 0.364 e. The molecule has 0 saturated carbocycles. The van der Waals surface area contributed by atoms with Crippen LogP contribution in [0.15, 0.2) is 29.4 Å². The minimum Gasteiger partial charge on any atom is -0.364 e. The Labute approximate surface area is 97.7 Å². The Balaban J connectivity index is 2.90. The van der Waals surface area contributed by atoms with Crippen LogP contribution < -0.4 is 11.2 Å². The molecule has 0 radical (unpaired) electrons. The highest BCUT2D eigenvalue weighted by molar-refractivity contribution is 6.44. The lowest BCUT2D eigenvalue weighted by atomic mass is 10.1. The molecule has 0 atom stereocenters. The molecule has 0 aliphatic rings. The molecule has 0 aromatic heterocycles. The van der Waals surface area contributed by atoms with Gasteiger partial charge in [-0.1, -0.05) is 12.1 Å². The number of hydrazone groups is 1. The Bertz CT molecular complexity index is 529. The Morgan fingerprint density at radius 2 is 2.18 bits per heavy atom. The Hall–Kier alpha value is -2.68. The van der Waals surface area contributed by atoms with Crippen molar-refractivity contribution in [2.45, 2.75) is 6.92 Å². The molecule has 0 bridgehead atoms. The molecular formula is C11H10N4O2. The molecule has 6 nitrogen and oxygen atoms in total. The highest BCUT2D eigenvalue weighted by Gasteiger charge is 2.05. The average Bonchev–Trinajstić information content (AvgIpc) is 2.29. The number of Topliss-reactive ketones (excluding diaryl/α,β-unsaturated/α-hetero) is 1.